The number of hydrogen-bond acceptors (Lipinski definition) is 11. The maximum Gasteiger partial charge on any atom is 0.243 e. The molecule has 0 unspecified atom stereocenters. The van der Waals surface area contributed by atoms with E-state index in [2.05, 4.69) is 29.9 Å². The second-order valence-corrected chi connectivity index (χ2v) is 11.0. The molecule has 13 nitrogen and oxygen atoms in total. The largest absolute Gasteiger partial charge is 0.494 e. The van der Waals surface area contributed by atoms with Crippen LogP contribution in [0.5, 0.6) is 11.5 Å². The van der Waals surface area contributed by atoms with E-state index in [-0.39, 0.29) is 25.0 Å². The van der Waals surface area contributed by atoms with Crippen LogP contribution in [0.1, 0.15) is 30.0 Å². The molecule has 2 N–H and O–H groups in total. The summed E-state index contributed by atoms with van der Waals surface area (Å²) in [5.41, 5.74) is 2.65. The second-order valence-electron chi connectivity index (χ2n) is 8.93. The molecule has 40 heavy (non-hydrogen) atoms. The first kappa shape index (κ1) is 28.9. The number of para-hydroxylation sites is 1. The van der Waals surface area contributed by atoms with Gasteiger partial charge in [0, 0.05) is 30.4 Å². The first-order valence-corrected chi connectivity index (χ1v) is 13.9. The number of sulfonamides is 1. The predicted molar refractivity (Wildman–Crippen MR) is 147 cm³/mol. The van der Waals surface area contributed by atoms with Crippen molar-refractivity contribution in [3.63, 3.8) is 0 Å². The molecule has 0 aliphatic rings. The normalized spacial score (nSPS) is 13.1. The predicted octanol–water partition coefficient (Wildman–Crippen LogP) is 2.63. The molecule has 3 heterocycles. The number of hydrogen-bond donors (Lipinski definition) is 2. The molecule has 0 bridgehead atoms. The molecule has 0 saturated heterocycles. The van der Waals surface area contributed by atoms with Crippen LogP contribution in [0.4, 0.5) is 5.95 Å². The smallest absolute Gasteiger partial charge is 0.243 e. The van der Waals surface area contributed by atoms with Gasteiger partial charge < -0.3 is 19.3 Å². The number of anilines is 1. The Balaban J connectivity index is 1.83. The zero-order chi connectivity index (χ0) is 28.9. The Kier molecular flexibility index (Phi) is 8.92. The summed E-state index contributed by atoms with van der Waals surface area (Å²) in [6.45, 7) is 4.74. The van der Waals surface area contributed by atoms with Crippen molar-refractivity contribution in [2.24, 2.45) is 0 Å². The summed E-state index contributed by atoms with van der Waals surface area (Å²) in [7, 11) is -1.22. The summed E-state index contributed by atoms with van der Waals surface area (Å²) in [5, 5.41) is 16.6. The average Bonchev–Trinajstić information content (AvgIpc) is 3.35. The number of rotatable bonds is 12. The van der Waals surface area contributed by atoms with Crippen molar-refractivity contribution in [1.29, 1.82) is 0 Å². The summed E-state index contributed by atoms with van der Waals surface area (Å²) in [5.74, 6) is 1.14. The summed E-state index contributed by atoms with van der Waals surface area (Å²) in [6, 6.07) is 7.02. The third-order valence-corrected chi connectivity index (χ3v) is 7.71. The minimum absolute atomic E-state index is 0.110. The molecule has 0 aliphatic heterocycles. The Morgan fingerprint density at radius 2 is 1.68 bits per heavy atom. The van der Waals surface area contributed by atoms with Crippen molar-refractivity contribution < 1.29 is 27.7 Å². The Bertz CT molecular complexity index is 1540. The van der Waals surface area contributed by atoms with E-state index in [9.17, 15) is 13.5 Å². The van der Waals surface area contributed by atoms with Gasteiger partial charge in [-0.15, -0.1) is 10.2 Å². The van der Waals surface area contributed by atoms with Gasteiger partial charge in [0.2, 0.25) is 16.0 Å². The Morgan fingerprint density at radius 3 is 2.27 bits per heavy atom. The van der Waals surface area contributed by atoms with Crippen LogP contribution in [0.3, 0.4) is 0 Å². The number of nitrogens with zero attached hydrogens (tertiary/aromatic N) is 6. The van der Waals surface area contributed by atoms with Gasteiger partial charge in [-0.1, -0.05) is 6.07 Å². The summed E-state index contributed by atoms with van der Waals surface area (Å²) in [4.78, 5) is 12.8. The third-order valence-electron chi connectivity index (χ3n) is 6.02. The highest BCUT2D eigenvalue weighted by atomic mass is 32.2. The molecule has 1 aromatic carbocycles. The molecule has 14 heteroatoms. The van der Waals surface area contributed by atoms with Gasteiger partial charge >= 0.3 is 0 Å². The summed E-state index contributed by atoms with van der Waals surface area (Å²) in [6.07, 6.45) is 5.35. The molecule has 0 radical (unpaired) electrons. The molecule has 0 amide bonds. The molecule has 4 rings (SSSR count). The van der Waals surface area contributed by atoms with E-state index in [1.54, 1.807) is 43.0 Å². The van der Waals surface area contributed by atoms with E-state index in [4.69, 9.17) is 14.2 Å². The zero-order valence-corrected chi connectivity index (χ0v) is 23.6. The molecule has 0 spiro atoms. The number of ether oxygens (including phenoxy) is 3. The molecule has 0 fully saturated rings. The highest BCUT2D eigenvalue weighted by Crippen LogP contribution is 2.38. The van der Waals surface area contributed by atoms with Crippen LogP contribution >= 0.6 is 0 Å². The molecule has 0 aliphatic carbocycles. The van der Waals surface area contributed by atoms with Gasteiger partial charge in [0.25, 0.3) is 0 Å². The number of aryl methyl sites for hydroxylation is 2. The molecular formula is C26H31N7O6S. The van der Waals surface area contributed by atoms with E-state index in [1.807, 2.05) is 19.9 Å². The summed E-state index contributed by atoms with van der Waals surface area (Å²) < 4.78 is 48.5. The van der Waals surface area contributed by atoms with Crippen LogP contribution in [0.2, 0.25) is 0 Å². The lowest BCUT2D eigenvalue weighted by molar-refractivity contribution is 0.0227. The average molecular weight is 570 g/mol. The highest BCUT2D eigenvalue weighted by molar-refractivity contribution is 7.93. The number of benzene rings is 1. The first-order valence-electron chi connectivity index (χ1n) is 12.3. The standard InChI is InChI=1S/C26H31N7O6S/c1-16-11-19(15-27-12-16)25-30-31-26(33(25)22-20(37-4)7-6-8-21(22)38-5)32-40(35,36)18(3)23(39-10-9-34)24-28-13-17(2)14-29-24/h6-8,11-15,18,23,34H,9-10H2,1-5H3,(H,31,32)/t18-,23-/m1/s1. The number of aliphatic hydroxyl groups is 1. The van der Waals surface area contributed by atoms with Gasteiger partial charge in [0.05, 0.1) is 27.4 Å². The van der Waals surface area contributed by atoms with Gasteiger partial charge in [-0.25, -0.2) is 18.4 Å². The van der Waals surface area contributed by atoms with E-state index in [0.717, 1.165) is 11.1 Å². The molecule has 4 aromatic rings. The van der Waals surface area contributed by atoms with Crippen molar-refractivity contribution in [2.45, 2.75) is 32.1 Å². The number of aromatic nitrogens is 6. The lowest BCUT2D eigenvalue weighted by Crippen LogP contribution is -2.34. The Morgan fingerprint density at radius 1 is 1.00 bits per heavy atom. The van der Waals surface area contributed by atoms with E-state index in [1.165, 1.54) is 25.7 Å². The molecule has 3 aromatic heterocycles. The Labute approximate surface area is 232 Å². The monoisotopic (exact) mass is 569 g/mol. The topological polar surface area (TPSA) is 163 Å². The lowest BCUT2D eigenvalue weighted by atomic mass is 10.2. The van der Waals surface area contributed by atoms with E-state index >= 15 is 0 Å². The minimum atomic E-state index is -4.21. The highest BCUT2D eigenvalue weighted by Gasteiger charge is 2.35. The van der Waals surface area contributed by atoms with Crippen LogP contribution in [0.25, 0.3) is 17.1 Å². The number of pyridine rings is 1. The van der Waals surface area contributed by atoms with Gasteiger partial charge in [0.1, 0.15) is 28.5 Å². The fourth-order valence-electron chi connectivity index (χ4n) is 4.01. The number of aliphatic hydroxyl groups excluding tert-OH is 1. The van der Waals surface area contributed by atoms with Crippen molar-refractivity contribution in [3.8, 4) is 28.6 Å². The van der Waals surface area contributed by atoms with Crippen LogP contribution in [-0.2, 0) is 14.8 Å². The fourth-order valence-corrected chi connectivity index (χ4v) is 5.11. The minimum Gasteiger partial charge on any atom is -0.494 e. The lowest BCUT2D eigenvalue weighted by Gasteiger charge is -2.24. The molecule has 2 atom stereocenters. The number of methoxy groups -OCH3 is 2. The van der Waals surface area contributed by atoms with Crippen molar-refractivity contribution in [3.05, 3.63) is 66.0 Å². The molecule has 212 valence electrons. The van der Waals surface area contributed by atoms with Crippen LogP contribution in [-0.4, -0.2) is 75.9 Å². The first-order chi connectivity index (χ1) is 19.2. The zero-order valence-electron chi connectivity index (χ0n) is 22.8. The van der Waals surface area contributed by atoms with Gasteiger partial charge in [0.15, 0.2) is 11.6 Å². The SMILES string of the molecule is COc1cccc(OC)c1-n1c(NS(=O)(=O)[C@H](C)[C@@H](OCCO)c2ncc(C)cn2)nnc1-c1cncc(C)c1. The third kappa shape index (κ3) is 6.03. The Hall–Kier alpha value is -4.14. The molecular weight excluding hydrogens is 538 g/mol. The second kappa shape index (κ2) is 12.4. The maximum atomic E-state index is 13.8. The van der Waals surface area contributed by atoms with Crippen molar-refractivity contribution >= 4 is 16.0 Å². The van der Waals surface area contributed by atoms with Gasteiger partial charge in [-0.3, -0.25) is 14.3 Å². The van der Waals surface area contributed by atoms with Crippen LogP contribution in [0, 0.1) is 13.8 Å². The van der Waals surface area contributed by atoms with Crippen molar-refractivity contribution in [1.82, 2.24) is 29.7 Å². The van der Waals surface area contributed by atoms with Gasteiger partial charge in [-0.2, -0.15) is 0 Å². The van der Waals surface area contributed by atoms with Crippen LogP contribution in [0.15, 0.2) is 49.1 Å². The van der Waals surface area contributed by atoms with Crippen molar-refractivity contribution in [2.75, 3.05) is 32.2 Å². The van der Waals surface area contributed by atoms with E-state index in [0.29, 0.717) is 28.6 Å². The van der Waals surface area contributed by atoms with Crippen LogP contribution < -0.4 is 14.2 Å². The molecule has 0 saturated carbocycles. The quantitative estimate of drug-likeness (QED) is 0.258. The van der Waals surface area contributed by atoms with Gasteiger partial charge in [-0.05, 0) is 50.1 Å². The fraction of sp³-hybridized carbons (Fsp3) is 0.346. The van der Waals surface area contributed by atoms with E-state index < -0.39 is 21.4 Å². The number of nitrogens with one attached hydrogen (secondary N) is 1. The summed E-state index contributed by atoms with van der Waals surface area (Å²) >= 11 is 0. The maximum absolute atomic E-state index is 13.8.